The van der Waals surface area contributed by atoms with Gasteiger partial charge in [0.15, 0.2) is 5.78 Å². The molecule has 0 bridgehead atoms. The van der Waals surface area contributed by atoms with Crippen LogP contribution in [0, 0.1) is 0 Å². The summed E-state index contributed by atoms with van der Waals surface area (Å²) >= 11 is 0. The molecule has 0 aromatic carbocycles. The van der Waals surface area contributed by atoms with E-state index in [9.17, 15) is 20.1 Å². The van der Waals surface area contributed by atoms with Crippen molar-refractivity contribution in [2.24, 2.45) is 0 Å². The number of aliphatic hydroxyl groups excluding tert-OH is 4. The van der Waals surface area contributed by atoms with Crippen LogP contribution >= 0.6 is 0 Å². The minimum Gasteiger partial charge on any atom is -0.394 e. The molecular weight excluding hydrogens is 324 g/mol. The van der Waals surface area contributed by atoms with E-state index in [1.54, 1.807) is 0 Å². The van der Waals surface area contributed by atoms with Crippen LogP contribution in [0.15, 0.2) is 12.2 Å². The van der Waals surface area contributed by atoms with E-state index in [-0.39, 0.29) is 12.2 Å². The number of allylic oxidation sites excluding steroid dienone is 2. The first kappa shape index (κ1) is 22.3. The van der Waals surface area contributed by atoms with Crippen LogP contribution in [0.1, 0.15) is 64.7 Å². The molecule has 1 aliphatic rings. The van der Waals surface area contributed by atoms with Gasteiger partial charge in [-0.15, -0.1) is 0 Å². The summed E-state index contributed by atoms with van der Waals surface area (Å²) in [6, 6.07) is 0. The van der Waals surface area contributed by atoms with Gasteiger partial charge in [-0.25, -0.2) is 0 Å². The molecule has 0 aromatic rings. The van der Waals surface area contributed by atoms with E-state index in [1.807, 2.05) is 6.08 Å². The second-order valence-corrected chi connectivity index (χ2v) is 6.85. The SMILES string of the molecule is CCCCCCCCC/C=C/C(=O)C[C@@H]1O[C@H](CO)[C@@H](O)[C@H](O)[C@H]1O. The number of rotatable bonds is 12. The summed E-state index contributed by atoms with van der Waals surface area (Å²) in [6.07, 6.45) is 6.57. The molecule has 0 radical (unpaired) electrons. The topological polar surface area (TPSA) is 107 Å². The van der Waals surface area contributed by atoms with Gasteiger partial charge in [-0.05, 0) is 18.9 Å². The monoisotopic (exact) mass is 358 g/mol. The summed E-state index contributed by atoms with van der Waals surface area (Å²) in [4.78, 5) is 12.0. The molecule has 6 nitrogen and oxygen atoms in total. The molecule has 0 aromatic heterocycles. The number of aliphatic hydroxyl groups is 4. The van der Waals surface area contributed by atoms with Crippen LogP contribution in [0.2, 0.25) is 0 Å². The third-order valence-corrected chi connectivity index (χ3v) is 4.67. The largest absolute Gasteiger partial charge is 0.394 e. The van der Waals surface area contributed by atoms with E-state index in [2.05, 4.69) is 6.92 Å². The number of carbonyl (C=O) groups is 1. The lowest BCUT2D eigenvalue weighted by Gasteiger charge is -2.39. The minimum absolute atomic E-state index is 0.0883. The zero-order valence-corrected chi connectivity index (χ0v) is 15.2. The third kappa shape index (κ3) is 7.96. The van der Waals surface area contributed by atoms with Crippen LogP contribution < -0.4 is 0 Å². The van der Waals surface area contributed by atoms with Gasteiger partial charge < -0.3 is 25.2 Å². The Morgan fingerprint density at radius 3 is 2.16 bits per heavy atom. The van der Waals surface area contributed by atoms with Crippen molar-refractivity contribution in [1.82, 2.24) is 0 Å². The normalized spacial score (nSPS) is 30.0. The Bertz CT molecular complexity index is 395. The highest BCUT2D eigenvalue weighted by atomic mass is 16.5. The molecule has 5 atom stereocenters. The summed E-state index contributed by atoms with van der Waals surface area (Å²) < 4.78 is 5.33. The number of ketones is 1. The molecule has 1 aliphatic heterocycles. The van der Waals surface area contributed by atoms with Crippen molar-refractivity contribution in [3.63, 3.8) is 0 Å². The lowest BCUT2D eigenvalue weighted by atomic mass is 9.92. The minimum atomic E-state index is -1.43. The quantitative estimate of drug-likeness (QED) is 0.311. The number of hydrogen-bond acceptors (Lipinski definition) is 6. The first-order valence-electron chi connectivity index (χ1n) is 9.51. The molecule has 1 fully saturated rings. The highest BCUT2D eigenvalue weighted by Crippen LogP contribution is 2.23. The molecule has 0 unspecified atom stereocenters. The van der Waals surface area contributed by atoms with Gasteiger partial charge in [0.05, 0.1) is 12.7 Å². The van der Waals surface area contributed by atoms with Crippen molar-refractivity contribution >= 4 is 5.78 Å². The van der Waals surface area contributed by atoms with Crippen LogP contribution in [-0.4, -0.2) is 63.3 Å². The van der Waals surface area contributed by atoms with Crippen molar-refractivity contribution in [3.8, 4) is 0 Å². The fourth-order valence-corrected chi connectivity index (χ4v) is 3.05. The van der Waals surface area contributed by atoms with Gasteiger partial charge in [-0.1, -0.05) is 51.5 Å². The van der Waals surface area contributed by atoms with Gasteiger partial charge in [0.25, 0.3) is 0 Å². The third-order valence-electron chi connectivity index (χ3n) is 4.67. The maximum Gasteiger partial charge on any atom is 0.158 e. The first-order chi connectivity index (χ1) is 12.0. The molecular formula is C19H34O6. The molecule has 146 valence electrons. The average Bonchev–Trinajstić information content (AvgIpc) is 2.60. The Morgan fingerprint density at radius 1 is 0.920 bits per heavy atom. The van der Waals surface area contributed by atoms with Crippen molar-refractivity contribution in [2.45, 2.75) is 95.2 Å². The number of unbranched alkanes of at least 4 members (excludes halogenated alkanes) is 7. The average molecular weight is 358 g/mol. The second-order valence-electron chi connectivity index (χ2n) is 6.85. The van der Waals surface area contributed by atoms with E-state index < -0.39 is 37.1 Å². The molecule has 0 aliphatic carbocycles. The zero-order valence-electron chi connectivity index (χ0n) is 15.2. The Hall–Kier alpha value is -0.790. The van der Waals surface area contributed by atoms with E-state index in [0.29, 0.717) is 0 Å². The molecule has 0 saturated carbocycles. The van der Waals surface area contributed by atoms with Gasteiger partial charge in [0.2, 0.25) is 0 Å². The molecule has 0 amide bonds. The summed E-state index contributed by atoms with van der Waals surface area (Å²) in [7, 11) is 0. The second kappa shape index (κ2) is 12.5. The van der Waals surface area contributed by atoms with E-state index >= 15 is 0 Å². The Morgan fingerprint density at radius 2 is 1.52 bits per heavy atom. The predicted octanol–water partition coefficient (Wildman–Crippen LogP) is 1.48. The van der Waals surface area contributed by atoms with Crippen molar-refractivity contribution in [1.29, 1.82) is 0 Å². The summed E-state index contributed by atoms with van der Waals surface area (Å²) in [5, 5.41) is 38.5. The standard InChI is InChI=1S/C19H34O6/c1-2-3-4-5-6-7-8-9-10-11-14(21)12-15-17(22)19(24)18(23)16(13-20)25-15/h10-11,15-20,22-24H,2-9,12-13H2,1H3/b11-10+/t15-,16+,17-,18+,19+/m0/s1. The predicted molar refractivity (Wildman–Crippen MR) is 95.1 cm³/mol. The number of ether oxygens (including phenoxy) is 1. The van der Waals surface area contributed by atoms with E-state index in [1.165, 1.54) is 38.2 Å². The molecule has 0 spiro atoms. The van der Waals surface area contributed by atoms with Crippen LogP contribution in [0.3, 0.4) is 0 Å². The molecule has 25 heavy (non-hydrogen) atoms. The lowest BCUT2D eigenvalue weighted by Crippen LogP contribution is -2.58. The van der Waals surface area contributed by atoms with Gasteiger partial charge in [0, 0.05) is 6.42 Å². The first-order valence-corrected chi connectivity index (χ1v) is 9.51. The molecule has 6 heteroatoms. The Kier molecular flexibility index (Phi) is 11.2. The number of carbonyl (C=O) groups excluding carboxylic acids is 1. The molecule has 1 heterocycles. The smallest absolute Gasteiger partial charge is 0.158 e. The maximum atomic E-state index is 12.0. The van der Waals surface area contributed by atoms with Crippen LogP contribution in [-0.2, 0) is 9.53 Å². The molecule has 4 N–H and O–H groups in total. The van der Waals surface area contributed by atoms with Crippen LogP contribution in [0.5, 0.6) is 0 Å². The van der Waals surface area contributed by atoms with E-state index in [0.717, 1.165) is 19.3 Å². The lowest BCUT2D eigenvalue weighted by molar-refractivity contribution is -0.229. The maximum absolute atomic E-state index is 12.0. The van der Waals surface area contributed by atoms with Crippen LogP contribution in [0.4, 0.5) is 0 Å². The van der Waals surface area contributed by atoms with Gasteiger partial charge in [-0.3, -0.25) is 4.79 Å². The molecule has 1 saturated heterocycles. The molecule has 1 rings (SSSR count). The van der Waals surface area contributed by atoms with Crippen molar-refractivity contribution in [2.75, 3.05) is 6.61 Å². The van der Waals surface area contributed by atoms with E-state index in [4.69, 9.17) is 9.84 Å². The van der Waals surface area contributed by atoms with Gasteiger partial charge in [0.1, 0.15) is 24.4 Å². The highest BCUT2D eigenvalue weighted by Gasteiger charge is 2.43. The van der Waals surface area contributed by atoms with Crippen LogP contribution in [0.25, 0.3) is 0 Å². The summed E-state index contributed by atoms with van der Waals surface area (Å²) in [5.74, 6) is -0.202. The summed E-state index contributed by atoms with van der Waals surface area (Å²) in [5.41, 5.74) is 0. The highest BCUT2D eigenvalue weighted by molar-refractivity contribution is 5.90. The summed E-state index contributed by atoms with van der Waals surface area (Å²) in [6.45, 7) is 1.72. The Balaban J connectivity index is 2.24. The van der Waals surface area contributed by atoms with Crippen molar-refractivity contribution in [3.05, 3.63) is 12.2 Å². The van der Waals surface area contributed by atoms with Gasteiger partial charge >= 0.3 is 0 Å². The zero-order chi connectivity index (χ0) is 18.7. The van der Waals surface area contributed by atoms with Crippen molar-refractivity contribution < 1.29 is 30.0 Å². The number of hydrogen-bond donors (Lipinski definition) is 4. The fraction of sp³-hybridized carbons (Fsp3) is 0.842. The fourth-order valence-electron chi connectivity index (χ4n) is 3.05. The van der Waals surface area contributed by atoms with Gasteiger partial charge in [-0.2, -0.15) is 0 Å². The Labute approximate surface area is 150 Å².